The van der Waals surface area contributed by atoms with Crippen molar-refractivity contribution in [1.82, 2.24) is 24.7 Å². The fourth-order valence-corrected chi connectivity index (χ4v) is 6.00. The number of nitrogens with one attached hydrogen (secondary N) is 1. The number of urea groups is 1. The first-order valence-electron chi connectivity index (χ1n) is 13.6. The van der Waals surface area contributed by atoms with Crippen LogP contribution in [-0.4, -0.2) is 94.4 Å². The van der Waals surface area contributed by atoms with Gasteiger partial charge < -0.3 is 20.1 Å². The van der Waals surface area contributed by atoms with Gasteiger partial charge in [0, 0.05) is 57.0 Å². The van der Waals surface area contributed by atoms with Gasteiger partial charge in [0.2, 0.25) is 17.7 Å². The number of hydrogen-bond donors (Lipinski definition) is 2. The van der Waals surface area contributed by atoms with Crippen molar-refractivity contribution in [3.05, 3.63) is 58.3 Å². The number of ether oxygens (including phenoxy) is 1. The predicted octanol–water partition coefficient (Wildman–Crippen LogP) is 4.11. The van der Waals surface area contributed by atoms with Crippen LogP contribution in [0.3, 0.4) is 0 Å². The van der Waals surface area contributed by atoms with E-state index in [9.17, 15) is 24.3 Å². The monoisotopic (exact) mass is 640 g/mol. The highest BCUT2D eigenvalue weighted by molar-refractivity contribution is 6.39. The van der Waals surface area contributed by atoms with E-state index in [0.29, 0.717) is 58.6 Å². The van der Waals surface area contributed by atoms with Gasteiger partial charge in [0.25, 0.3) is 0 Å². The Hall–Kier alpha value is -4.26. The molecular formula is C30H30Cl2N6O6. The lowest BCUT2D eigenvalue weighted by Crippen LogP contribution is -2.58. The molecule has 2 aromatic carbocycles. The van der Waals surface area contributed by atoms with Crippen LogP contribution in [0.2, 0.25) is 10.0 Å². The highest BCUT2D eigenvalue weighted by Crippen LogP contribution is 2.41. The molecule has 3 aromatic rings. The van der Waals surface area contributed by atoms with E-state index in [1.54, 1.807) is 49.5 Å². The first-order valence-corrected chi connectivity index (χ1v) is 14.4. The SMILES string of the molecule is COc1nc(-c2cccc(-c3cccc(NC(=O)C4CN(C)C(=O)N(C)C4=O)c3Cl)c2Cl)cnc1CN1CC(C)(C(=O)O)C1. The van der Waals surface area contributed by atoms with Crippen LogP contribution in [0.4, 0.5) is 10.5 Å². The van der Waals surface area contributed by atoms with Crippen LogP contribution in [0.25, 0.3) is 22.4 Å². The number of likely N-dealkylation sites (tertiary alicyclic amines) is 1. The number of anilines is 1. The minimum absolute atomic E-state index is 0.0535. The van der Waals surface area contributed by atoms with Crippen molar-refractivity contribution in [3.8, 4) is 28.3 Å². The Morgan fingerprint density at radius 2 is 1.70 bits per heavy atom. The van der Waals surface area contributed by atoms with Crippen LogP contribution in [0, 0.1) is 11.3 Å². The molecule has 2 fully saturated rings. The van der Waals surface area contributed by atoms with E-state index in [4.69, 9.17) is 27.9 Å². The molecule has 2 aliphatic rings. The van der Waals surface area contributed by atoms with Gasteiger partial charge in [-0.3, -0.25) is 29.2 Å². The summed E-state index contributed by atoms with van der Waals surface area (Å²) in [7, 11) is 4.34. The second kappa shape index (κ2) is 12.0. The van der Waals surface area contributed by atoms with Crippen molar-refractivity contribution >= 4 is 52.7 Å². The summed E-state index contributed by atoms with van der Waals surface area (Å²) in [5.74, 6) is -2.81. The Bertz CT molecular complexity index is 1680. The Labute approximate surface area is 263 Å². The average Bonchev–Trinajstić information content (AvgIpc) is 2.98. The second-order valence-corrected chi connectivity index (χ2v) is 11.9. The number of benzene rings is 2. The molecule has 2 N–H and O–H groups in total. The number of methoxy groups -OCH3 is 1. The summed E-state index contributed by atoms with van der Waals surface area (Å²) < 4.78 is 5.51. The lowest BCUT2D eigenvalue weighted by atomic mass is 9.82. The lowest BCUT2D eigenvalue weighted by Gasteiger charge is -2.44. The molecule has 0 spiro atoms. The highest BCUT2D eigenvalue weighted by Gasteiger charge is 2.45. The van der Waals surface area contributed by atoms with Crippen molar-refractivity contribution < 1.29 is 29.0 Å². The topological polar surface area (TPSA) is 145 Å². The summed E-state index contributed by atoms with van der Waals surface area (Å²) in [6, 6.07) is 9.93. The van der Waals surface area contributed by atoms with E-state index in [-0.39, 0.29) is 17.3 Å². The molecule has 0 bridgehead atoms. The summed E-state index contributed by atoms with van der Waals surface area (Å²) in [5, 5.41) is 12.7. The molecule has 12 nitrogen and oxygen atoms in total. The van der Waals surface area contributed by atoms with Crippen LogP contribution in [-0.2, 0) is 20.9 Å². The molecule has 5 rings (SSSR count). The molecule has 1 aromatic heterocycles. The predicted molar refractivity (Wildman–Crippen MR) is 163 cm³/mol. The van der Waals surface area contributed by atoms with Gasteiger partial charge in [0.15, 0.2) is 0 Å². The Balaban J connectivity index is 1.39. The van der Waals surface area contributed by atoms with Crippen LogP contribution in [0.1, 0.15) is 12.6 Å². The third-order valence-electron chi connectivity index (χ3n) is 7.88. The molecule has 0 saturated carbocycles. The van der Waals surface area contributed by atoms with Crippen molar-refractivity contribution in [2.75, 3.05) is 46.2 Å². The minimum atomic E-state index is -1.09. The standard InChI is InChI=1S/C30H30Cl2N6O6/c1-30(28(41)42)14-38(15-30)13-22-26(44-4)35-21(11-33-22)18-9-5-7-16(23(18)31)17-8-6-10-20(24(17)32)34-25(39)19-12-36(2)29(43)37(3)27(19)40/h5-11,19H,12-15H2,1-4H3,(H,34,39)(H,41,42). The number of aliphatic carboxylic acids is 1. The third-order valence-corrected chi connectivity index (χ3v) is 8.69. The number of hydrogen-bond acceptors (Lipinski definition) is 8. The van der Waals surface area contributed by atoms with Crippen LogP contribution in [0.15, 0.2) is 42.6 Å². The zero-order chi connectivity index (χ0) is 31.9. The number of amides is 4. The van der Waals surface area contributed by atoms with E-state index in [0.717, 1.165) is 4.90 Å². The average molecular weight is 642 g/mol. The van der Waals surface area contributed by atoms with Crippen LogP contribution < -0.4 is 10.1 Å². The van der Waals surface area contributed by atoms with Gasteiger partial charge in [0.05, 0.1) is 40.1 Å². The summed E-state index contributed by atoms with van der Waals surface area (Å²) >= 11 is 13.7. The van der Waals surface area contributed by atoms with Gasteiger partial charge >= 0.3 is 12.0 Å². The number of carboxylic acids is 1. The fraction of sp³-hybridized carbons (Fsp3) is 0.333. The normalized spacial score (nSPS) is 18.2. The zero-order valence-electron chi connectivity index (χ0n) is 24.4. The number of carbonyl (C=O) groups is 4. The summed E-state index contributed by atoms with van der Waals surface area (Å²) in [6.45, 7) is 2.83. The number of carbonyl (C=O) groups excluding carboxylic acids is 3. The lowest BCUT2D eigenvalue weighted by molar-refractivity contribution is -0.159. The second-order valence-electron chi connectivity index (χ2n) is 11.2. The number of carboxylic acid groups (broad SMARTS) is 1. The highest BCUT2D eigenvalue weighted by atomic mass is 35.5. The smallest absolute Gasteiger partial charge is 0.326 e. The number of nitrogens with zero attached hydrogens (tertiary/aromatic N) is 5. The molecule has 2 aliphatic heterocycles. The van der Waals surface area contributed by atoms with Crippen molar-refractivity contribution in [3.63, 3.8) is 0 Å². The van der Waals surface area contributed by atoms with Gasteiger partial charge in [-0.05, 0) is 13.0 Å². The van der Waals surface area contributed by atoms with Gasteiger partial charge in [-0.2, -0.15) is 0 Å². The molecule has 0 aliphatic carbocycles. The van der Waals surface area contributed by atoms with Crippen molar-refractivity contribution in [1.29, 1.82) is 0 Å². The Morgan fingerprint density at radius 1 is 1.07 bits per heavy atom. The summed E-state index contributed by atoms with van der Waals surface area (Å²) in [6.07, 6.45) is 1.58. The van der Waals surface area contributed by atoms with Crippen molar-refractivity contribution in [2.24, 2.45) is 11.3 Å². The minimum Gasteiger partial charge on any atom is -0.481 e. The van der Waals surface area contributed by atoms with Gasteiger partial charge in [0.1, 0.15) is 11.6 Å². The molecule has 0 radical (unpaired) electrons. The van der Waals surface area contributed by atoms with Crippen LogP contribution in [0.5, 0.6) is 5.88 Å². The van der Waals surface area contributed by atoms with Crippen molar-refractivity contribution in [2.45, 2.75) is 13.5 Å². The first-order chi connectivity index (χ1) is 20.8. The number of halogens is 2. The van der Waals surface area contributed by atoms with Gasteiger partial charge in [-0.1, -0.05) is 53.5 Å². The van der Waals surface area contributed by atoms with Crippen LogP contribution >= 0.6 is 23.2 Å². The molecule has 14 heteroatoms. The molecule has 230 valence electrons. The molecular weight excluding hydrogens is 611 g/mol. The zero-order valence-corrected chi connectivity index (χ0v) is 25.9. The maximum Gasteiger partial charge on any atom is 0.326 e. The quantitative estimate of drug-likeness (QED) is 0.347. The molecule has 4 amide bonds. The number of rotatable bonds is 8. The number of imide groups is 1. The fourth-order valence-electron chi connectivity index (χ4n) is 5.40. The van der Waals surface area contributed by atoms with Gasteiger partial charge in [-0.25, -0.2) is 9.78 Å². The largest absolute Gasteiger partial charge is 0.481 e. The Morgan fingerprint density at radius 3 is 2.36 bits per heavy atom. The molecule has 1 atom stereocenters. The maximum absolute atomic E-state index is 13.1. The molecule has 1 unspecified atom stereocenters. The first kappa shape index (κ1) is 31.2. The maximum atomic E-state index is 13.1. The molecule has 44 heavy (non-hydrogen) atoms. The van der Waals surface area contributed by atoms with E-state index < -0.39 is 35.1 Å². The summed E-state index contributed by atoms with van der Waals surface area (Å²) in [5.41, 5.74) is 2.20. The number of aromatic nitrogens is 2. The molecule has 3 heterocycles. The van der Waals surface area contributed by atoms with E-state index in [1.807, 2.05) is 4.90 Å². The summed E-state index contributed by atoms with van der Waals surface area (Å²) in [4.78, 5) is 62.6. The van der Waals surface area contributed by atoms with E-state index >= 15 is 0 Å². The van der Waals surface area contributed by atoms with Gasteiger partial charge in [-0.15, -0.1) is 0 Å². The third kappa shape index (κ3) is 5.68. The van der Waals surface area contributed by atoms with E-state index in [1.165, 1.54) is 26.1 Å². The Kier molecular flexibility index (Phi) is 8.52. The van der Waals surface area contributed by atoms with E-state index in [2.05, 4.69) is 15.3 Å². The molecule has 2 saturated heterocycles.